The largest absolute Gasteiger partial charge is 0.368 e. The summed E-state index contributed by atoms with van der Waals surface area (Å²) in [5, 5.41) is 0. The lowest BCUT2D eigenvalue weighted by molar-refractivity contribution is -0.136. The molecular formula is C9H11ClN2O2. The van der Waals surface area contributed by atoms with Crippen LogP contribution in [0.25, 0.3) is 0 Å². The van der Waals surface area contributed by atoms with E-state index in [0.717, 1.165) is 0 Å². The van der Waals surface area contributed by atoms with Crippen molar-refractivity contribution in [2.24, 2.45) is 5.73 Å². The average Bonchev–Trinajstić information content (AvgIpc) is 2.59. The predicted octanol–water partition coefficient (Wildman–Crippen LogP) is -0.297. The molecule has 0 radical (unpaired) electrons. The van der Waals surface area contributed by atoms with Gasteiger partial charge in [0.25, 0.3) is 0 Å². The van der Waals surface area contributed by atoms with Crippen LogP contribution < -0.4 is 5.73 Å². The second kappa shape index (κ2) is 4.34. The minimum absolute atomic E-state index is 0.179. The number of nitrogens with zero attached hydrogens (tertiary/aromatic N) is 1. The van der Waals surface area contributed by atoms with Crippen molar-refractivity contribution in [2.45, 2.75) is 24.9 Å². The third-order valence-corrected chi connectivity index (χ3v) is 2.54. The van der Waals surface area contributed by atoms with E-state index in [0.29, 0.717) is 12.8 Å². The Labute approximate surface area is 87.4 Å². The molecule has 0 saturated carbocycles. The highest BCUT2D eigenvalue weighted by Gasteiger charge is 2.38. The van der Waals surface area contributed by atoms with Crippen LogP contribution in [-0.4, -0.2) is 34.7 Å². The van der Waals surface area contributed by atoms with Gasteiger partial charge in [-0.2, -0.15) is 0 Å². The number of hydrogen-bond donors (Lipinski definition) is 1. The molecule has 0 unspecified atom stereocenters. The van der Waals surface area contributed by atoms with Gasteiger partial charge in [-0.3, -0.25) is 9.59 Å². The molecule has 2 amide bonds. The molecule has 76 valence electrons. The first-order valence-corrected chi connectivity index (χ1v) is 4.77. The highest BCUT2D eigenvalue weighted by molar-refractivity contribution is 6.27. The van der Waals surface area contributed by atoms with E-state index >= 15 is 0 Å². The number of primary amides is 1. The summed E-state index contributed by atoms with van der Waals surface area (Å²) in [5.74, 6) is 1.41. The van der Waals surface area contributed by atoms with Crippen LogP contribution in [0.1, 0.15) is 12.8 Å². The van der Waals surface area contributed by atoms with Crippen LogP contribution in [0.15, 0.2) is 0 Å². The zero-order valence-corrected chi connectivity index (χ0v) is 8.33. The van der Waals surface area contributed by atoms with Gasteiger partial charge < -0.3 is 10.6 Å². The molecule has 1 fully saturated rings. The maximum absolute atomic E-state index is 11.4. The molecule has 0 bridgehead atoms. The van der Waals surface area contributed by atoms with E-state index < -0.39 is 11.9 Å². The smallest absolute Gasteiger partial charge is 0.240 e. The van der Waals surface area contributed by atoms with Crippen LogP contribution in [0.2, 0.25) is 0 Å². The van der Waals surface area contributed by atoms with E-state index in [1.54, 1.807) is 0 Å². The minimum atomic E-state index is -0.595. The summed E-state index contributed by atoms with van der Waals surface area (Å²) in [6.45, 7) is 0. The van der Waals surface area contributed by atoms with Crippen LogP contribution in [-0.2, 0) is 9.59 Å². The standard InChI is InChI=1S/C9H11ClN2O2/c1-2-6-3-4-7(9(11)14)12(6)8(13)5-10/h1,6-7H,3-5H2,(H2,11,14)/t6-,7-/m0/s1. The molecule has 0 aromatic heterocycles. The van der Waals surface area contributed by atoms with Crippen LogP contribution in [0.4, 0.5) is 0 Å². The second-order valence-corrected chi connectivity index (χ2v) is 3.38. The summed E-state index contributed by atoms with van der Waals surface area (Å²) in [6.07, 6.45) is 6.36. The van der Waals surface area contributed by atoms with Crippen molar-refractivity contribution in [3.8, 4) is 12.3 Å². The van der Waals surface area contributed by atoms with E-state index in [1.165, 1.54) is 4.90 Å². The number of carbonyl (C=O) groups is 2. The van der Waals surface area contributed by atoms with Crippen LogP contribution >= 0.6 is 11.6 Å². The Balaban J connectivity index is 2.87. The third-order valence-electron chi connectivity index (χ3n) is 2.31. The molecule has 0 aromatic rings. The molecule has 2 atom stereocenters. The van der Waals surface area contributed by atoms with E-state index in [-0.39, 0.29) is 17.8 Å². The van der Waals surface area contributed by atoms with Crippen LogP contribution in [0.3, 0.4) is 0 Å². The summed E-state index contributed by atoms with van der Waals surface area (Å²) in [4.78, 5) is 23.7. The Morgan fingerprint density at radius 2 is 2.21 bits per heavy atom. The predicted molar refractivity (Wildman–Crippen MR) is 52.4 cm³/mol. The van der Waals surface area contributed by atoms with Gasteiger partial charge in [-0.25, -0.2) is 0 Å². The number of nitrogens with two attached hydrogens (primary N) is 1. The number of likely N-dealkylation sites (tertiary alicyclic amines) is 1. The lowest BCUT2D eigenvalue weighted by Gasteiger charge is -2.24. The molecule has 1 aliphatic rings. The van der Waals surface area contributed by atoms with E-state index in [1.807, 2.05) is 0 Å². The minimum Gasteiger partial charge on any atom is -0.368 e. The average molecular weight is 215 g/mol. The summed E-state index contributed by atoms with van der Waals surface area (Å²) in [7, 11) is 0. The van der Waals surface area contributed by atoms with Crippen molar-refractivity contribution < 1.29 is 9.59 Å². The number of terminal acetylenes is 1. The fourth-order valence-electron chi connectivity index (χ4n) is 1.67. The van der Waals surface area contributed by atoms with Crippen molar-refractivity contribution in [3.63, 3.8) is 0 Å². The van der Waals surface area contributed by atoms with Gasteiger partial charge in [-0.1, -0.05) is 5.92 Å². The van der Waals surface area contributed by atoms with Gasteiger partial charge in [-0.15, -0.1) is 18.0 Å². The summed E-state index contributed by atoms with van der Waals surface area (Å²) in [5.41, 5.74) is 5.15. The Kier molecular flexibility index (Phi) is 3.37. The molecule has 0 aliphatic carbocycles. The van der Waals surface area contributed by atoms with E-state index in [2.05, 4.69) is 5.92 Å². The molecule has 1 aliphatic heterocycles. The van der Waals surface area contributed by atoms with Gasteiger partial charge in [0.1, 0.15) is 11.9 Å². The van der Waals surface area contributed by atoms with E-state index in [4.69, 9.17) is 23.8 Å². The van der Waals surface area contributed by atoms with E-state index in [9.17, 15) is 9.59 Å². The third kappa shape index (κ3) is 1.83. The first-order chi connectivity index (χ1) is 6.61. The zero-order valence-electron chi connectivity index (χ0n) is 7.57. The van der Waals surface area contributed by atoms with Crippen molar-refractivity contribution in [1.82, 2.24) is 4.90 Å². The highest BCUT2D eigenvalue weighted by Crippen LogP contribution is 2.23. The van der Waals surface area contributed by atoms with Gasteiger partial charge in [0.2, 0.25) is 11.8 Å². The number of halogens is 1. The first kappa shape index (κ1) is 10.9. The zero-order chi connectivity index (χ0) is 10.7. The fourth-order valence-corrected chi connectivity index (χ4v) is 1.81. The first-order valence-electron chi connectivity index (χ1n) is 4.24. The molecule has 5 heteroatoms. The van der Waals surface area contributed by atoms with Gasteiger partial charge in [0.05, 0.1) is 6.04 Å². The Morgan fingerprint density at radius 3 is 2.64 bits per heavy atom. The number of alkyl halides is 1. The summed E-state index contributed by atoms with van der Waals surface area (Å²) in [6, 6.07) is -0.943. The van der Waals surface area contributed by atoms with Gasteiger partial charge >= 0.3 is 0 Å². The fraction of sp³-hybridized carbons (Fsp3) is 0.556. The lowest BCUT2D eigenvalue weighted by Crippen LogP contribution is -2.47. The number of rotatable bonds is 2. The molecule has 14 heavy (non-hydrogen) atoms. The summed E-state index contributed by atoms with van der Waals surface area (Å²) >= 11 is 5.41. The monoisotopic (exact) mass is 214 g/mol. The number of hydrogen-bond acceptors (Lipinski definition) is 2. The number of carbonyl (C=O) groups excluding carboxylic acids is 2. The highest BCUT2D eigenvalue weighted by atomic mass is 35.5. The molecule has 2 N–H and O–H groups in total. The molecule has 0 spiro atoms. The molecule has 1 heterocycles. The molecule has 1 rings (SSSR count). The normalized spacial score (nSPS) is 25.9. The molecule has 4 nitrogen and oxygen atoms in total. The second-order valence-electron chi connectivity index (χ2n) is 3.11. The topological polar surface area (TPSA) is 63.4 Å². The lowest BCUT2D eigenvalue weighted by atomic mass is 10.2. The molecular weight excluding hydrogens is 204 g/mol. The molecule has 1 saturated heterocycles. The van der Waals surface area contributed by atoms with Gasteiger partial charge in [0.15, 0.2) is 0 Å². The Morgan fingerprint density at radius 1 is 1.57 bits per heavy atom. The quantitative estimate of drug-likeness (QED) is 0.507. The number of amides is 2. The molecule has 0 aromatic carbocycles. The van der Waals surface area contributed by atoms with Crippen LogP contribution in [0, 0.1) is 12.3 Å². The Bertz CT molecular complexity index is 298. The van der Waals surface area contributed by atoms with Gasteiger partial charge in [0, 0.05) is 0 Å². The maximum atomic E-state index is 11.4. The summed E-state index contributed by atoms with van der Waals surface area (Å²) < 4.78 is 0. The van der Waals surface area contributed by atoms with Crippen molar-refractivity contribution in [2.75, 3.05) is 5.88 Å². The Hall–Kier alpha value is -1.21. The maximum Gasteiger partial charge on any atom is 0.240 e. The SMILES string of the molecule is C#C[C@H]1CC[C@@H](C(N)=O)N1C(=O)CCl. The van der Waals surface area contributed by atoms with Crippen LogP contribution in [0.5, 0.6) is 0 Å². The van der Waals surface area contributed by atoms with Crippen molar-refractivity contribution in [3.05, 3.63) is 0 Å². The van der Waals surface area contributed by atoms with Crippen molar-refractivity contribution >= 4 is 23.4 Å². The van der Waals surface area contributed by atoms with Gasteiger partial charge in [-0.05, 0) is 12.8 Å². The van der Waals surface area contributed by atoms with Crippen molar-refractivity contribution in [1.29, 1.82) is 0 Å².